The summed E-state index contributed by atoms with van der Waals surface area (Å²) in [6, 6.07) is 15.7. The van der Waals surface area contributed by atoms with Crippen LogP contribution in [0.2, 0.25) is 0 Å². The van der Waals surface area contributed by atoms with Gasteiger partial charge in [-0.2, -0.15) is 0 Å². The minimum atomic E-state index is -1.12. The maximum absolute atomic E-state index is 11.4. The van der Waals surface area contributed by atoms with E-state index in [4.69, 9.17) is 4.74 Å². The van der Waals surface area contributed by atoms with Gasteiger partial charge in [0.05, 0.1) is 12.7 Å². The zero-order valence-electron chi connectivity index (χ0n) is 14.1. The summed E-state index contributed by atoms with van der Waals surface area (Å²) in [5.74, 6) is -1.12. The van der Waals surface area contributed by atoms with Gasteiger partial charge >= 0.3 is 5.97 Å². The van der Waals surface area contributed by atoms with Crippen LogP contribution >= 0.6 is 0 Å². The van der Waals surface area contributed by atoms with E-state index in [-0.39, 0.29) is 11.8 Å². The van der Waals surface area contributed by atoms with Gasteiger partial charge in [0.15, 0.2) is 5.71 Å². The van der Waals surface area contributed by atoms with Gasteiger partial charge in [-0.05, 0) is 36.0 Å². The van der Waals surface area contributed by atoms with E-state index in [0.717, 1.165) is 24.8 Å². The highest BCUT2D eigenvalue weighted by atomic mass is 16.6. The molecule has 1 aliphatic rings. The standard InChI is InChI=1S/C20H21NO4/c1-24-21-19(20(22)23)18-9-5-4-8-16(18)13-25-17-11-10-14-6-2-3-7-15(14)12-17/h2-9,17H,10-13H2,1H3,(H,22,23)/b21-19+. The summed E-state index contributed by atoms with van der Waals surface area (Å²) in [6.45, 7) is 0.346. The Bertz CT molecular complexity index is 785. The van der Waals surface area contributed by atoms with E-state index in [0.29, 0.717) is 12.2 Å². The van der Waals surface area contributed by atoms with Crippen molar-refractivity contribution < 1.29 is 19.5 Å². The molecule has 5 nitrogen and oxygen atoms in total. The Hall–Kier alpha value is -2.66. The zero-order valence-corrected chi connectivity index (χ0v) is 14.1. The van der Waals surface area contributed by atoms with Gasteiger partial charge in [-0.15, -0.1) is 0 Å². The predicted octanol–water partition coefficient (Wildman–Crippen LogP) is 3.20. The summed E-state index contributed by atoms with van der Waals surface area (Å²) in [5.41, 5.74) is 3.92. The molecule has 0 fully saturated rings. The van der Waals surface area contributed by atoms with E-state index in [1.807, 2.05) is 12.1 Å². The van der Waals surface area contributed by atoms with Crippen LogP contribution in [0.5, 0.6) is 0 Å². The number of carbonyl (C=O) groups is 1. The molecule has 0 aromatic heterocycles. The van der Waals surface area contributed by atoms with Gasteiger partial charge in [0.1, 0.15) is 7.11 Å². The number of nitrogens with zero attached hydrogens (tertiary/aromatic N) is 1. The number of carboxylic acids is 1. The van der Waals surface area contributed by atoms with Crippen molar-refractivity contribution in [2.24, 2.45) is 5.16 Å². The molecule has 0 amide bonds. The average Bonchev–Trinajstić information content (AvgIpc) is 2.64. The van der Waals surface area contributed by atoms with Crippen molar-refractivity contribution in [2.45, 2.75) is 32.0 Å². The Kier molecular flexibility index (Phi) is 5.46. The maximum atomic E-state index is 11.4. The van der Waals surface area contributed by atoms with Crippen LogP contribution in [-0.4, -0.2) is 30.0 Å². The summed E-state index contributed by atoms with van der Waals surface area (Å²) in [4.78, 5) is 16.1. The molecule has 5 heteroatoms. The van der Waals surface area contributed by atoms with Crippen molar-refractivity contribution in [2.75, 3.05) is 7.11 Å². The Morgan fingerprint density at radius 3 is 2.64 bits per heavy atom. The first-order valence-corrected chi connectivity index (χ1v) is 8.30. The van der Waals surface area contributed by atoms with Gasteiger partial charge in [0, 0.05) is 5.56 Å². The fourth-order valence-electron chi connectivity index (χ4n) is 3.19. The zero-order chi connectivity index (χ0) is 17.6. The molecular formula is C20H21NO4. The minimum absolute atomic E-state index is 0.115. The minimum Gasteiger partial charge on any atom is -0.476 e. The lowest BCUT2D eigenvalue weighted by molar-refractivity contribution is -0.129. The SMILES string of the molecule is CO/N=C(/C(=O)O)c1ccccc1COC1CCc2ccccc2C1. The van der Waals surface area contributed by atoms with E-state index < -0.39 is 5.97 Å². The number of fused-ring (bicyclic) bond motifs is 1. The highest BCUT2D eigenvalue weighted by Crippen LogP contribution is 2.24. The van der Waals surface area contributed by atoms with Crippen molar-refractivity contribution in [3.8, 4) is 0 Å². The van der Waals surface area contributed by atoms with Gasteiger partial charge in [0.2, 0.25) is 0 Å². The van der Waals surface area contributed by atoms with Crippen molar-refractivity contribution in [1.82, 2.24) is 0 Å². The molecule has 0 heterocycles. The highest BCUT2D eigenvalue weighted by molar-refractivity contribution is 6.42. The number of hydrogen-bond donors (Lipinski definition) is 1. The van der Waals surface area contributed by atoms with Gasteiger partial charge in [-0.3, -0.25) is 0 Å². The number of benzene rings is 2. The summed E-state index contributed by atoms with van der Waals surface area (Å²) in [5, 5.41) is 13.0. The first kappa shape index (κ1) is 17.2. The number of oxime groups is 1. The molecule has 0 bridgehead atoms. The second-order valence-corrected chi connectivity index (χ2v) is 6.03. The van der Waals surface area contributed by atoms with Gasteiger partial charge in [0.25, 0.3) is 0 Å². The van der Waals surface area contributed by atoms with Crippen LogP contribution in [0.25, 0.3) is 0 Å². The fourth-order valence-corrected chi connectivity index (χ4v) is 3.19. The van der Waals surface area contributed by atoms with E-state index in [2.05, 4.69) is 34.3 Å². The normalized spacial score (nSPS) is 17.0. The van der Waals surface area contributed by atoms with Crippen molar-refractivity contribution in [3.63, 3.8) is 0 Å². The molecule has 0 saturated heterocycles. The molecule has 0 aliphatic heterocycles. The van der Waals surface area contributed by atoms with Crippen molar-refractivity contribution >= 4 is 11.7 Å². The molecule has 1 N–H and O–H groups in total. The van der Waals surface area contributed by atoms with E-state index in [1.54, 1.807) is 12.1 Å². The van der Waals surface area contributed by atoms with Crippen LogP contribution in [0.1, 0.15) is 28.7 Å². The molecule has 130 valence electrons. The molecule has 1 unspecified atom stereocenters. The van der Waals surface area contributed by atoms with Crippen LogP contribution < -0.4 is 0 Å². The largest absolute Gasteiger partial charge is 0.476 e. The van der Waals surface area contributed by atoms with Crippen LogP contribution in [0.4, 0.5) is 0 Å². The first-order chi connectivity index (χ1) is 12.2. The van der Waals surface area contributed by atoms with Crippen molar-refractivity contribution in [1.29, 1.82) is 0 Å². The van der Waals surface area contributed by atoms with Gasteiger partial charge in [-0.1, -0.05) is 53.7 Å². The Balaban J connectivity index is 1.72. The van der Waals surface area contributed by atoms with Crippen LogP contribution in [0.3, 0.4) is 0 Å². The van der Waals surface area contributed by atoms with E-state index in [9.17, 15) is 9.90 Å². The van der Waals surface area contributed by atoms with Gasteiger partial charge < -0.3 is 14.7 Å². The lowest BCUT2D eigenvalue weighted by atomic mass is 9.90. The summed E-state index contributed by atoms with van der Waals surface area (Å²) in [6.07, 6.45) is 3.00. The third-order valence-electron chi connectivity index (χ3n) is 4.43. The molecule has 3 rings (SSSR count). The number of aryl methyl sites for hydroxylation is 1. The van der Waals surface area contributed by atoms with E-state index in [1.165, 1.54) is 18.2 Å². The van der Waals surface area contributed by atoms with Crippen molar-refractivity contribution in [3.05, 3.63) is 70.8 Å². The summed E-state index contributed by atoms with van der Waals surface area (Å²) in [7, 11) is 1.33. The lowest BCUT2D eigenvalue weighted by Gasteiger charge is -2.25. The van der Waals surface area contributed by atoms with Gasteiger partial charge in [-0.25, -0.2) is 4.79 Å². The smallest absolute Gasteiger partial charge is 0.358 e. The maximum Gasteiger partial charge on any atom is 0.358 e. The third-order valence-corrected chi connectivity index (χ3v) is 4.43. The van der Waals surface area contributed by atoms with Crippen LogP contribution in [0.15, 0.2) is 53.7 Å². The number of rotatable bonds is 6. The fraction of sp³-hybridized carbons (Fsp3) is 0.300. The molecule has 0 spiro atoms. The Morgan fingerprint density at radius 1 is 1.16 bits per heavy atom. The topological polar surface area (TPSA) is 68.1 Å². The van der Waals surface area contributed by atoms with E-state index >= 15 is 0 Å². The third kappa shape index (κ3) is 4.06. The molecule has 2 aromatic carbocycles. The quantitative estimate of drug-likeness (QED) is 0.648. The number of carboxylic acid groups (broad SMARTS) is 1. The number of ether oxygens (including phenoxy) is 1. The molecule has 1 aliphatic carbocycles. The predicted molar refractivity (Wildman–Crippen MR) is 94.7 cm³/mol. The second-order valence-electron chi connectivity index (χ2n) is 6.03. The first-order valence-electron chi connectivity index (χ1n) is 8.30. The summed E-state index contributed by atoms with van der Waals surface area (Å²) < 4.78 is 6.09. The Morgan fingerprint density at radius 2 is 1.88 bits per heavy atom. The number of hydrogen-bond acceptors (Lipinski definition) is 4. The molecule has 25 heavy (non-hydrogen) atoms. The average molecular weight is 339 g/mol. The molecule has 0 radical (unpaired) electrons. The molecule has 1 atom stereocenters. The highest BCUT2D eigenvalue weighted by Gasteiger charge is 2.21. The molecule has 2 aromatic rings. The number of aliphatic carboxylic acids is 1. The monoisotopic (exact) mass is 339 g/mol. The van der Waals surface area contributed by atoms with Crippen LogP contribution in [0, 0.1) is 0 Å². The second kappa shape index (κ2) is 7.94. The lowest BCUT2D eigenvalue weighted by Crippen LogP contribution is -2.23. The summed E-state index contributed by atoms with van der Waals surface area (Å²) >= 11 is 0. The van der Waals surface area contributed by atoms with Crippen LogP contribution in [-0.2, 0) is 33.8 Å². The Labute approximate surface area is 146 Å². The molecule has 0 saturated carbocycles. The molecular weight excluding hydrogens is 318 g/mol.